The predicted octanol–water partition coefficient (Wildman–Crippen LogP) is 1.01. The molecule has 0 aliphatic carbocycles. The summed E-state index contributed by atoms with van der Waals surface area (Å²) < 4.78 is 0. The van der Waals surface area contributed by atoms with Gasteiger partial charge in [-0.3, -0.25) is 0 Å². The van der Waals surface area contributed by atoms with E-state index >= 15 is 0 Å². The Kier molecular flexibility index (Phi) is 5.07. The average molecular weight is 225 g/mol. The summed E-state index contributed by atoms with van der Waals surface area (Å²) >= 11 is 0. The molecule has 2 fully saturated rings. The molecule has 0 amide bonds. The fourth-order valence-corrected chi connectivity index (χ4v) is 2.85. The molecule has 0 aromatic carbocycles. The van der Waals surface area contributed by atoms with Crippen molar-refractivity contribution in [2.24, 2.45) is 5.92 Å². The smallest absolute Gasteiger partial charge is 0.0110 e. The van der Waals surface area contributed by atoms with E-state index in [1.165, 1.54) is 71.6 Å². The molecule has 3 heteroatoms. The summed E-state index contributed by atoms with van der Waals surface area (Å²) in [6.07, 6.45) is 4.27. The highest BCUT2D eigenvalue weighted by atomic mass is 15.2. The molecule has 1 atom stereocenters. The van der Waals surface area contributed by atoms with Gasteiger partial charge in [0.05, 0.1) is 0 Å². The van der Waals surface area contributed by atoms with Gasteiger partial charge in [-0.05, 0) is 38.4 Å². The van der Waals surface area contributed by atoms with Crippen LogP contribution < -0.4 is 5.32 Å². The number of rotatable bonds is 3. The van der Waals surface area contributed by atoms with Crippen LogP contribution in [0.1, 0.15) is 26.2 Å². The minimum atomic E-state index is 0.809. The molecule has 0 saturated carbocycles. The summed E-state index contributed by atoms with van der Waals surface area (Å²) in [7, 11) is 0. The van der Waals surface area contributed by atoms with Gasteiger partial charge in [0.15, 0.2) is 0 Å². The third kappa shape index (κ3) is 4.04. The summed E-state index contributed by atoms with van der Waals surface area (Å²) in [6, 6.07) is 0. The van der Waals surface area contributed by atoms with Crippen molar-refractivity contribution in [1.29, 1.82) is 0 Å². The topological polar surface area (TPSA) is 18.5 Å². The second-order valence-corrected chi connectivity index (χ2v) is 5.51. The van der Waals surface area contributed by atoms with E-state index < -0.39 is 0 Å². The van der Waals surface area contributed by atoms with Crippen molar-refractivity contribution in [2.75, 3.05) is 52.4 Å². The van der Waals surface area contributed by atoms with Gasteiger partial charge in [-0.2, -0.15) is 0 Å². The van der Waals surface area contributed by atoms with Gasteiger partial charge >= 0.3 is 0 Å². The van der Waals surface area contributed by atoms with Gasteiger partial charge in [-0.25, -0.2) is 0 Å². The summed E-state index contributed by atoms with van der Waals surface area (Å²) in [5.41, 5.74) is 0. The van der Waals surface area contributed by atoms with E-state index in [1.54, 1.807) is 0 Å². The van der Waals surface area contributed by atoms with Gasteiger partial charge in [0.25, 0.3) is 0 Å². The molecule has 1 unspecified atom stereocenters. The van der Waals surface area contributed by atoms with Crippen molar-refractivity contribution in [3.8, 4) is 0 Å². The standard InChI is InChI=1S/C13H27N3/c1-13-11-14-5-8-16(12-13)10-9-15-6-3-2-4-7-15/h13-14H,2-12H2,1H3. The van der Waals surface area contributed by atoms with E-state index in [-0.39, 0.29) is 0 Å². The molecule has 0 aromatic heterocycles. The van der Waals surface area contributed by atoms with Crippen molar-refractivity contribution < 1.29 is 0 Å². The van der Waals surface area contributed by atoms with E-state index in [9.17, 15) is 0 Å². The Balaban J connectivity index is 1.67. The number of likely N-dealkylation sites (tertiary alicyclic amines) is 1. The lowest BCUT2D eigenvalue weighted by Crippen LogP contribution is -2.39. The van der Waals surface area contributed by atoms with Gasteiger partial charge < -0.3 is 15.1 Å². The zero-order chi connectivity index (χ0) is 11.2. The molecule has 0 radical (unpaired) electrons. The highest BCUT2D eigenvalue weighted by Crippen LogP contribution is 2.09. The van der Waals surface area contributed by atoms with Crippen LogP contribution in [0.2, 0.25) is 0 Å². The second-order valence-electron chi connectivity index (χ2n) is 5.51. The fourth-order valence-electron chi connectivity index (χ4n) is 2.85. The summed E-state index contributed by atoms with van der Waals surface area (Å²) in [5.74, 6) is 0.809. The molecular formula is C13H27N3. The van der Waals surface area contributed by atoms with Crippen molar-refractivity contribution in [3.05, 3.63) is 0 Å². The first kappa shape index (κ1) is 12.3. The first-order valence-corrected chi connectivity index (χ1v) is 7.00. The molecule has 0 spiro atoms. The van der Waals surface area contributed by atoms with Gasteiger partial charge in [-0.1, -0.05) is 13.3 Å². The van der Waals surface area contributed by atoms with E-state index in [0.29, 0.717) is 0 Å². The zero-order valence-corrected chi connectivity index (χ0v) is 10.7. The quantitative estimate of drug-likeness (QED) is 0.773. The maximum absolute atomic E-state index is 3.51. The molecule has 0 bridgehead atoms. The van der Waals surface area contributed by atoms with Crippen molar-refractivity contribution >= 4 is 0 Å². The Morgan fingerprint density at radius 1 is 1.00 bits per heavy atom. The van der Waals surface area contributed by atoms with E-state index in [2.05, 4.69) is 22.0 Å². The third-order valence-corrected chi connectivity index (χ3v) is 3.85. The van der Waals surface area contributed by atoms with Gasteiger partial charge in [-0.15, -0.1) is 0 Å². The average Bonchev–Trinajstić information content (AvgIpc) is 2.52. The molecule has 2 heterocycles. The Hall–Kier alpha value is -0.120. The lowest BCUT2D eigenvalue weighted by Gasteiger charge is -2.30. The lowest BCUT2D eigenvalue weighted by atomic mass is 10.1. The number of nitrogens with one attached hydrogen (secondary N) is 1. The minimum absolute atomic E-state index is 0.809. The Labute approximate surface area is 100 Å². The van der Waals surface area contributed by atoms with Crippen LogP contribution >= 0.6 is 0 Å². The largest absolute Gasteiger partial charge is 0.315 e. The number of nitrogens with zero attached hydrogens (tertiary/aromatic N) is 2. The maximum atomic E-state index is 3.51. The minimum Gasteiger partial charge on any atom is -0.315 e. The van der Waals surface area contributed by atoms with Gasteiger partial charge in [0.1, 0.15) is 0 Å². The first-order chi connectivity index (χ1) is 7.84. The second kappa shape index (κ2) is 6.58. The molecule has 2 aliphatic heterocycles. The molecule has 94 valence electrons. The molecule has 2 aliphatic rings. The van der Waals surface area contributed by atoms with E-state index in [1.807, 2.05) is 0 Å². The van der Waals surface area contributed by atoms with E-state index in [4.69, 9.17) is 0 Å². The molecule has 16 heavy (non-hydrogen) atoms. The monoisotopic (exact) mass is 225 g/mol. The maximum Gasteiger partial charge on any atom is 0.0110 e. The molecule has 2 rings (SSSR count). The molecule has 3 nitrogen and oxygen atoms in total. The molecule has 0 aromatic rings. The number of hydrogen-bond donors (Lipinski definition) is 1. The highest BCUT2D eigenvalue weighted by molar-refractivity contribution is 4.73. The third-order valence-electron chi connectivity index (χ3n) is 3.85. The van der Waals surface area contributed by atoms with Gasteiger partial charge in [0, 0.05) is 32.7 Å². The normalized spacial score (nSPS) is 30.2. The van der Waals surface area contributed by atoms with Gasteiger partial charge in [0.2, 0.25) is 0 Å². The zero-order valence-electron chi connectivity index (χ0n) is 10.7. The Morgan fingerprint density at radius 3 is 2.56 bits per heavy atom. The van der Waals surface area contributed by atoms with Crippen LogP contribution in [0.25, 0.3) is 0 Å². The number of piperidine rings is 1. The Morgan fingerprint density at radius 2 is 1.75 bits per heavy atom. The van der Waals surface area contributed by atoms with Crippen LogP contribution in [0.15, 0.2) is 0 Å². The molecular weight excluding hydrogens is 198 g/mol. The first-order valence-electron chi connectivity index (χ1n) is 7.00. The highest BCUT2D eigenvalue weighted by Gasteiger charge is 2.16. The van der Waals surface area contributed by atoms with Crippen molar-refractivity contribution in [1.82, 2.24) is 15.1 Å². The summed E-state index contributed by atoms with van der Waals surface area (Å²) in [6.45, 7) is 12.5. The summed E-state index contributed by atoms with van der Waals surface area (Å²) in [4.78, 5) is 5.28. The van der Waals surface area contributed by atoms with Crippen molar-refractivity contribution in [3.63, 3.8) is 0 Å². The Bertz CT molecular complexity index is 190. The molecule has 2 saturated heterocycles. The van der Waals surface area contributed by atoms with Crippen LogP contribution in [0, 0.1) is 5.92 Å². The lowest BCUT2D eigenvalue weighted by molar-refractivity contribution is 0.179. The van der Waals surface area contributed by atoms with Crippen LogP contribution in [0.3, 0.4) is 0 Å². The number of hydrogen-bond acceptors (Lipinski definition) is 3. The fraction of sp³-hybridized carbons (Fsp3) is 1.00. The summed E-state index contributed by atoms with van der Waals surface area (Å²) in [5, 5.41) is 3.51. The SMILES string of the molecule is CC1CNCCN(CCN2CCCCC2)C1. The van der Waals surface area contributed by atoms with Crippen LogP contribution in [0.4, 0.5) is 0 Å². The van der Waals surface area contributed by atoms with E-state index in [0.717, 1.165) is 5.92 Å². The van der Waals surface area contributed by atoms with Crippen molar-refractivity contribution in [2.45, 2.75) is 26.2 Å². The van der Waals surface area contributed by atoms with Crippen LogP contribution in [-0.2, 0) is 0 Å². The molecule has 1 N–H and O–H groups in total. The van der Waals surface area contributed by atoms with Crippen LogP contribution in [0.5, 0.6) is 0 Å². The van der Waals surface area contributed by atoms with Crippen LogP contribution in [-0.4, -0.2) is 62.2 Å². The predicted molar refractivity (Wildman–Crippen MR) is 68.8 cm³/mol.